The fourth-order valence-electron chi connectivity index (χ4n) is 2.71. The van der Waals surface area contributed by atoms with Crippen molar-refractivity contribution in [1.82, 2.24) is 4.81 Å². The molecule has 8 nitrogen and oxygen atoms in total. The smallest absolute Gasteiger partial charge is 0.363 e. The zero-order valence-electron chi connectivity index (χ0n) is 14.4. The van der Waals surface area contributed by atoms with Crippen LogP contribution in [0.3, 0.4) is 0 Å². The molecule has 134 valence electrons. The van der Waals surface area contributed by atoms with Gasteiger partial charge in [0.2, 0.25) is 0 Å². The van der Waals surface area contributed by atoms with Crippen LogP contribution in [-0.4, -0.2) is 57.2 Å². The minimum atomic E-state index is -0.596. The van der Waals surface area contributed by atoms with E-state index in [9.17, 15) is 14.9 Å². The van der Waals surface area contributed by atoms with Crippen LogP contribution in [0.2, 0.25) is 0 Å². The number of carbonyl (C=O) groups excluding carboxylic acids is 1. The molecule has 0 amide bonds. The van der Waals surface area contributed by atoms with E-state index >= 15 is 0 Å². The second-order valence-electron chi connectivity index (χ2n) is 5.73. The van der Waals surface area contributed by atoms with Gasteiger partial charge in [-0.15, -0.1) is 0 Å². The Kier molecular flexibility index (Phi) is 6.97. The molecule has 1 aliphatic heterocycles. The van der Waals surface area contributed by atoms with Crippen LogP contribution < -0.4 is 4.74 Å². The highest BCUT2D eigenvalue weighted by Gasteiger charge is 2.18. The number of rotatable bonds is 7. The van der Waals surface area contributed by atoms with E-state index in [2.05, 4.69) is 9.55 Å². The molecule has 1 heterocycles. The Bertz CT molecular complexity index is 662. The van der Waals surface area contributed by atoms with Gasteiger partial charge >= 0.3 is 19.3 Å². The number of nitrogens with zero attached hydrogens (tertiary/aromatic N) is 2. The van der Waals surface area contributed by atoms with Crippen LogP contribution in [0.4, 0.5) is 5.69 Å². The SMILES string of the molecule is COBN1CCCC(=Cc2ccc(OCC(=O)OC)c([N+](=O)[O-])c2)C1. The Balaban J connectivity index is 2.16. The predicted octanol–water partition coefficient (Wildman–Crippen LogP) is 1.54. The lowest BCUT2D eigenvalue weighted by atomic mass is 9.97. The average molecular weight is 348 g/mol. The van der Waals surface area contributed by atoms with E-state index in [4.69, 9.17) is 9.39 Å². The summed E-state index contributed by atoms with van der Waals surface area (Å²) in [5, 5.41) is 11.3. The molecule has 1 aromatic rings. The molecule has 1 fully saturated rings. The summed E-state index contributed by atoms with van der Waals surface area (Å²) in [6.45, 7) is 1.39. The van der Waals surface area contributed by atoms with Crippen LogP contribution in [0, 0.1) is 10.1 Å². The van der Waals surface area contributed by atoms with Crippen LogP contribution in [0.1, 0.15) is 18.4 Å². The van der Waals surface area contributed by atoms with Gasteiger partial charge in [-0.1, -0.05) is 17.7 Å². The average Bonchev–Trinajstić information content (AvgIpc) is 2.60. The van der Waals surface area contributed by atoms with E-state index in [1.54, 1.807) is 13.2 Å². The number of ether oxygens (including phenoxy) is 2. The van der Waals surface area contributed by atoms with Crippen molar-refractivity contribution in [3.63, 3.8) is 0 Å². The molecule has 1 aliphatic rings. The zero-order chi connectivity index (χ0) is 18.2. The molecule has 0 spiro atoms. The molecule has 1 saturated heterocycles. The number of piperidine rings is 1. The van der Waals surface area contributed by atoms with E-state index in [0.29, 0.717) is 7.62 Å². The molecule has 0 aliphatic carbocycles. The minimum Gasteiger partial charge on any atom is -0.475 e. The van der Waals surface area contributed by atoms with E-state index in [1.165, 1.54) is 24.8 Å². The predicted molar refractivity (Wildman–Crippen MR) is 93.5 cm³/mol. The van der Waals surface area contributed by atoms with Crippen molar-refractivity contribution in [2.24, 2.45) is 0 Å². The third kappa shape index (κ3) is 5.58. The highest BCUT2D eigenvalue weighted by molar-refractivity contribution is 6.23. The number of benzene rings is 1. The summed E-state index contributed by atoms with van der Waals surface area (Å²) < 4.78 is 14.8. The van der Waals surface area contributed by atoms with Crippen molar-refractivity contribution >= 4 is 25.3 Å². The van der Waals surface area contributed by atoms with Gasteiger partial charge in [0.15, 0.2) is 12.4 Å². The van der Waals surface area contributed by atoms with E-state index in [1.807, 2.05) is 6.08 Å². The highest BCUT2D eigenvalue weighted by atomic mass is 16.6. The molecular weight excluding hydrogens is 327 g/mol. The maximum absolute atomic E-state index is 11.3. The van der Waals surface area contributed by atoms with Gasteiger partial charge in [0.1, 0.15) is 0 Å². The van der Waals surface area contributed by atoms with Crippen molar-refractivity contribution in [1.29, 1.82) is 0 Å². The van der Waals surface area contributed by atoms with Crippen molar-refractivity contribution in [3.8, 4) is 5.75 Å². The lowest BCUT2D eigenvalue weighted by Crippen LogP contribution is -2.35. The summed E-state index contributed by atoms with van der Waals surface area (Å²) in [6, 6.07) is 4.69. The fourth-order valence-corrected chi connectivity index (χ4v) is 2.71. The number of nitro benzene ring substituents is 1. The summed E-state index contributed by atoms with van der Waals surface area (Å²) in [6.07, 6.45) is 3.94. The van der Waals surface area contributed by atoms with Crippen molar-refractivity contribution in [2.75, 3.05) is 33.9 Å². The fraction of sp³-hybridized carbons (Fsp3) is 0.438. The summed E-state index contributed by atoms with van der Waals surface area (Å²) >= 11 is 0. The Morgan fingerprint density at radius 1 is 1.44 bits per heavy atom. The summed E-state index contributed by atoms with van der Waals surface area (Å²) in [4.78, 5) is 24.1. The minimum absolute atomic E-state index is 0.0437. The molecule has 0 atom stereocenters. The molecule has 2 rings (SSSR count). The van der Waals surface area contributed by atoms with Crippen molar-refractivity contribution in [2.45, 2.75) is 12.8 Å². The standard InChI is InChI=1S/C16H21BN2O6/c1-23-16(20)11-25-15-6-5-12(9-14(15)19(21)22)8-13-4-3-7-18(10-13)17-24-2/h5-6,8-9,17H,3-4,7,10-11H2,1-2H3. The van der Waals surface area contributed by atoms with Gasteiger partial charge in [0.05, 0.1) is 12.0 Å². The van der Waals surface area contributed by atoms with Gasteiger partial charge in [-0.2, -0.15) is 0 Å². The molecule has 0 aromatic heterocycles. The molecular formula is C16H21BN2O6. The Morgan fingerprint density at radius 2 is 2.24 bits per heavy atom. The largest absolute Gasteiger partial charge is 0.475 e. The van der Waals surface area contributed by atoms with Gasteiger partial charge in [-0.25, -0.2) is 4.79 Å². The molecule has 0 N–H and O–H groups in total. The van der Waals surface area contributed by atoms with Gasteiger partial charge in [0.25, 0.3) is 0 Å². The molecule has 0 radical (unpaired) electrons. The third-order valence-electron chi connectivity index (χ3n) is 3.83. The van der Waals surface area contributed by atoms with Gasteiger partial charge in [0, 0.05) is 19.7 Å². The normalized spacial score (nSPS) is 16.5. The zero-order valence-corrected chi connectivity index (χ0v) is 14.4. The number of methoxy groups -OCH3 is 1. The quantitative estimate of drug-likeness (QED) is 0.319. The van der Waals surface area contributed by atoms with Crippen LogP contribution >= 0.6 is 0 Å². The lowest BCUT2D eigenvalue weighted by molar-refractivity contribution is -0.385. The maximum atomic E-state index is 11.3. The van der Waals surface area contributed by atoms with Crippen LogP contribution in [0.5, 0.6) is 5.75 Å². The van der Waals surface area contributed by atoms with E-state index in [-0.39, 0.29) is 18.0 Å². The summed E-state index contributed by atoms with van der Waals surface area (Å²) in [5.74, 6) is -0.553. The lowest BCUT2D eigenvalue weighted by Gasteiger charge is -2.27. The van der Waals surface area contributed by atoms with Gasteiger partial charge < -0.3 is 18.9 Å². The van der Waals surface area contributed by atoms with Crippen LogP contribution in [0.25, 0.3) is 6.08 Å². The first-order valence-corrected chi connectivity index (χ1v) is 7.92. The van der Waals surface area contributed by atoms with E-state index in [0.717, 1.165) is 31.5 Å². The summed E-state index contributed by atoms with van der Waals surface area (Å²) in [7, 11) is 3.46. The van der Waals surface area contributed by atoms with Gasteiger partial charge in [-0.3, -0.25) is 10.1 Å². The highest BCUT2D eigenvalue weighted by Crippen LogP contribution is 2.29. The first-order valence-electron chi connectivity index (χ1n) is 7.92. The van der Waals surface area contributed by atoms with Crippen LogP contribution in [0.15, 0.2) is 23.8 Å². The molecule has 25 heavy (non-hydrogen) atoms. The third-order valence-corrected chi connectivity index (χ3v) is 3.83. The number of hydrogen-bond acceptors (Lipinski definition) is 7. The number of carbonyl (C=O) groups is 1. The second-order valence-corrected chi connectivity index (χ2v) is 5.73. The number of esters is 1. The Labute approximate surface area is 146 Å². The second kappa shape index (κ2) is 9.19. The molecule has 0 saturated carbocycles. The number of hydrogen-bond donors (Lipinski definition) is 0. The van der Waals surface area contributed by atoms with E-state index < -0.39 is 10.9 Å². The van der Waals surface area contributed by atoms with Crippen molar-refractivity contribution < 1.29 is 23.8 Å². The Morgan fingerprint density at radius 3 is 2.92 bits per heavy atom. The molecule has 0 unspecified atom stereocenters. The number of nitro groups is 1. The monoisotopic (exact) mass is 348 g/mol. The molecule has 9 heteroatoms. The molecule has 1 aromatic carbocycles. The maximum Gasteiger partial charge on any atom is 0.363 e. The van der Waals surface area contributed by atoms with Crippen molar-refractivity contribution in [3.05, 3.63) is 39.4 Å². The van der Waals surface area contributed by atoms with Crippen LogP contribution in [-0.2, 0) is 14.2 Å². The topological polar surface area (TPSA) is 91.1 Å². The Hall–Kier alpha value is -2.39. The summed E-state index contributed by atoms with van der Waals surface area (Å²) in [5.41, 5.74) is 1.75. The first kappa shape index (κ1) is 18.9. The molecule has 0 bridgehead atoms. The first-order chi connectivity index (χ1) is 12.0. The van der Waals surface area contributed by atoms with Gasteiger partial charge in [-0.05, 0) is 31.0 Å².